The molecule has 4 N–H and O–H groups in total. The minimum Gasteiger partial charge on any atom is -0.492 e. The molecule has 0 saturated heterocycles. The summed E-state index contributed by atoms with van der Waals surface area (Å²) < 4.78 is 6.49. The molecule has 2 aromatic rings. The predicted octanol–water partition coefficient (Wildman–Crippen LogP) is 2.85. The summed E-state index contributed by atoms with van der Waals surface area (Å²) in [7, 11) is 0. The first-order valence-corrected chi connectivity index (χ1v) is 9.59. The van der Waals surface area contributed by atoms with E-state index in [1.54, 1.807) is 24.3 Å². The van der Waals surface area contributed by atoms with E-state index in [9.17, 15) is 14.4 Å². The van der Waals surface area contributed by atoms with Crippen LogP contribution in [0.1, 0.15) is 29.6 Å². The van der Waals surface area contributed by atoms with E-state index in [0.29, 0.717) is 24.3 Å². The first-order chi connectivity index (χ1) is 13.5. The number of halogens is 1. The molecule has 28 heavy (non-hydrogen) atoms. The second-order valence-electron chi connectivity index (χ2n) is 5.95. The van der Waals surface area contributed by atoms with Crippen molar-refractivity contribution in [3.05, 3.63) is 58.6 Å². The highest BCUT2D eigenvalue weighted by Gasteiger charge is 2.13. The molecule has 3 amide bonds. The van der Waals surface area contributed by atoms with E-state index >= 15 is 0 Å². The topological polar surface area (TPSA) is 111 Å². The van der Waals surface area contributed by atoms with Gasteiger partial charge in [0.05, 0.1) is 22.3 Å². The van der Waals surface area contributed by atoms with E-state index in [1.165, 1.54) is 0 Å². The molecule has 0 fully saturated rings. The Labute approximate surface area is 171 Å². The van der Waals surface area contributed by atoms with Gasteiger partial charge in [0, 0.05) is 19.4 Å². The minimum atomic E-state index is -0.494. The van der Waals surface area contributed by atoms with Gasteiger partial charge in [-0.05, 0) is 46.6 Å². The number of benzene rings is 2. The van der Waals surface area contributed by atoms with Crippen LogP contribution in [0.3, 0.4) is 0 Å². The smallest absolute Gasteiger partial charge is 0.253 e. The van der Waals surface area contributed by atoms with E-state index in [2.05, 4.69) is 26.6 Å². The fraction of sp³-hybridized carbons (Fsp3) is 0.250. The Bertz CT molecular complexity index is 842. The van der Waals surface area contributed by atoms with E-state index in [-0.39, 0.29) is 31.2 Å². The Morgan fingerprint density at radius 3 is 2.46 bits per heavy atom. The number of hydrogen-bond donors (Lipinski definition) is 3. The molecule has 0 radical (unpaired) electrons. The van der Waals surface area contributed by atoms with E-state index in [4.69, 9.17) is 10.5 Å². The lowest BCUT2D eigenvalue weighted by atomic mass is 10.1. The summed E-state index contributed by atoms with van der Waals surface area (Å²) >= 11 is 3.40. The number of nitrogens with two attached hydrogens (primary N) is 1. The van der Waals surface area contributed by atoms with Gasteiger partial charge < -0.3 is 21.1 Å². The number of amides is 3. The van der Waals surface area contributed by atoms with Gasteiger partial charge in [-0.3, -0.25) is 14.4 Å². The third-order valence-electron chi connectivity index (χ3n) is 3.75. The fourth-order valence-corrected chi connectivity index (χ4v) is 2.77. The second kappa shape index (κ2) is 11.1. The maximum Gasteiger partial charge on any atom is 0.253 e. The van der Waals surface area contributed by atoms with Crippen molar-refractivity contribution in [2.24, 2.45) is 5.73 Å². The molecule has 0 aliphatic rings. The highest BCUT2D eigenvalue weighted by Crippen LogP contribution is 2.24. The van der Waals surface area contributed by atoms with Crippen molar-refractivity contribution in [1.29, 1.82) is 0 Å². The molecule has 148 valence electrons. The average Bonchev–Trinajstić information content (AvgIpc) is 2.66. The number of primary amides is 1. The monoisotopic (exact) mass is 447 g/mol. The Balaban J connectivity index is 1.82. The number of carbonyl (C=O) groups excluding carboxylic acids is 3. The number of carbonyl (C=O) groups is 3. The predicted molar refractivity (Wildman–Crippen MR) is 110 cm³/mol. The van der Waals surface area contributed by atoms with Crippen LogP contribution in [0.2, 0.25) is 0 Å². The molecule has 0 aliphatic carbocycles. The van der Waals surface area contributed by atoms with Gasteiger partial charge in [0.1, 0.15) is 5.75 Å². The lowest BCUT2D eigenvalue weighted by Gasteiger charge is -2.11. The first kappa shape index (κ1) is 21.4. The molecule has 7 nitrogen and oxygen atoms in total. The molecule has 0 spiro atoms. The van der Waals surface area contributed by atoms with Gasteiger partial charge in [0.15, 0.2) is 0 Å². The van der Waals surface area contributed by atoms with Crippen molar-refractivity contribution >= 4 is 39.3 Å². The summed E-state index contributed by atoms with van der Waals surface area (Å²) in [6.07, 6.45) is 0.833. The van der Waals surface area contributed by atoms with Crippen molar-refractivity contribution in [3.63, 3.8) is 0 Å². The summed E-state index contributed by atoms with van der Waals surface area (Å²) in [5, 5.41) is 5.35. The highest BCUT2D eigenvalue weighted by atomic mass is 79.9. The lowest BCUT2D eigenvalue weighted by Crippen LogP contribution is -2.28. The quantitative estimate of drug-likeness (QED) is 0.486. The number of nitrogens with one attached hydrogen (secondary N) is 2. The van der Waals surface area contributed by atoms with Crippen LogP contribution in [0.5, 0.6) is 5.75 Å². The zero-order valence-corrected chi connectivity index (χ0v) is 16.8. The fourth-order valence-electron chi connectivity index (χ4n) is 2.37. The maximum atomic E-state index is 12.2. The summed E-state index contributed by atoms with van der Waals surface area (Å²) in [5.41, 5.74) is 5.79. The molecular weight excluding hydrogens is 426 g/mol. The van der Waals surface area contributed by atoms with Crippen LogP contribution in [0.4, 0.5) is 5.69 Å². The second-order valence-corrected chi connectivity index (χ2v) is 6.80. The van der Waals surface area contributed by atoms with Gasteiger partial charge in [0.25, 0.3) is 5.91 Å². The lowest BCUT2D eigenvalue weighted by molar-refractivity contribution is -0.118. The average molecular weight is 448 g/mol. The third-order valence-corrected chi connectivity index (χ3v) is 4.40. The zero-order chi connectivity index (χ0) is 20.4. The van der Waals surface area contributed by atoms with Crippen molar-refractivity contribution in [3.8, 4) is 5.75 Å². The largest absolute Gasteiger partial charge is 0.492 e. The summed E-state index contributed by atoms with van der Waals surface area (Å²) in [6, 6.07) is 14.2. The van der Waals surface area contributed by atoms with Gasteiger partial charge in [-0.2, -0.15) is 0 Å². The summed E-state index contributed by atoms with van der Waals surface area (Å²) in [5.74, 6) is -0.366. The van der Waals surface area contributed by atoms with Crippen molar-refractivity contribution in [2.75, 3.05) is 18.5 Å². The van der Waals surface area contributed by atoms with Crippen LogP contribution in [0, 0.1) is 0 Å². The Morgan fingerprint density at radius 2 is 1.71 bits per heavy atom. The molecular formula is C20H22BrN3O4. The van der Waals surface area contributed by atoms with E-state index in [1.807, 2.05) is 24.3 Å². The van der Waals surface area contributed by atoms with Crippen LogP contribution in [-0.4, -0.2) is 30.9 Å². The number of anilines is 1. The molecule has 0 heterocycles. The Hall–Kier alpha value is -2.87. The standard InChI is InChI=1S/C20H22BrN3O4/c21-15-7-2-4-9-17(15)28-13-5-10-19(26)24-16-8-3-1-6-14(16)20(27)23-12-11-18(22)25/h1-4,6-9H,5,10-13H2,(H2,22,25)(H,23,27)(H,24,26). The van der Waals surface area contributed by atoms with Gasteiger partial charge in [0.2, 0.25) is 11.8 Å². The molecule has 0 aromatic heterocycles. The van der Waals surface area contributed by atoms with Crippen LogP contribution in [0.15, 0.2) is 53.0 Å². The van der Waals surface area contributed by atoms with Gasteiger partial charge >= 0.3 is 0 Å². The van der Waals surface area contributed by atoms with Crippen LogP contribution >= 0.6 is 15.9 Å². The summed E-state index contributed by atoms with van der Waals surface area (Å²) in [6.45, 7) is 0.536. The van der Waals surface area contributed by atoms with Gasteiger partial charge in [-0.25, -0.2) is 0 Å². The molecule has 0 saturated carbocycles. The van der Waals surface area contributed by atoms with Crippen molar-refractivity contribution in [2.45, 2.75) is 19.3 Å². The minimum absolute atomic E-state index is 0.0534. The molecule has 0 bridgehead atoms. The number of hydrogen-bond acceptors (Lipinski definition) is 4. The number of ether oxygens (including phenoxy) is 1. The third kappa shape index (κ3) is 7.03. The number of para-hydroxylation sites is 2. The maximum absolute atomic E-state index is 12.2. The normalized spacial score (nSPS) is 10.2. The van der Waals surface area contributed by atoms with Gasteiger partial charge in [-0.1, -0.05) is 24.3 Å². The van der Waals surface area contributed by atoms with E-state index < -0.39 is 5.91 Å². The molecule has 2 rings (SSSR count). The van der Waals surface area contributed by atoms with Crippen molar-refractivity contribution in [1.82, 2.24) is 5.32 Å². The van der Waals surface area contributed by atoms with Gasteiger partial charge in [-0.15, -0.1) is 0 Å². The summed E-state index contributed by atoms with van der Waals surface area (Å²) in [4.78, 5) is 35.2. The molecule has 8 heteroatoms. The Kier molecular flexibility index (Phi) is 8.48. The SMILES string of the molecule is NC(=O)CCNC(=O)c1ccccc1NC(=O)CCCOc1ccccc1Br. The molecule has 2 aromatic carbocycles. The van der Waals surface area contributed by atoms with Crippen molar-refractivity contribution < 1.29 is 19.1 Å². The highest BCUT2D eigenvalue weighted by molar-refractivity contribution is 9.10. The molecule has 0 atom stereocenters. The zero-order valence-electron chi connectivity index (χ0n) is 15.2. The molecule has 0 unspecified atom stereocenters. The molecule has 0 aliphatic heterocycles. The van der Waals surface area contributed by atoms with Crippen LogP contribution in [-0.2, 0) is 9.59 Å². The first-order valence-electron chi connectivity index (χ1n) is 8.80. The Morgan fingerprint density at radius 1 is 1.00 bits per heavy atom. The van der Waals surface area contributed by atoms with Crippen LogP contribution < -0.4 is 21.1 Å². The number of rotatable bonds is 10. The van der Waals surface area contributed by atoms with Crippen LogP contribution in [0.25, 0.3) is 0 Å². The van der Waals surface area contributed by atoms with E-state index in [0.717, 1.165) is 10.2 Å².